The molecule has 0 aliphatic rings. The smallest absolute Gasteiger partial charge is 0.550 e. The molecule has 432 valence electrons. The van der Waals surface area contributed by atoms with Crippen LogP contribution in [0.1, 0.15) is 406 Å². The van der Waals surface area contributed by atoms with Gasteiger partial charge in [-0.2, -0.15) is 0 Å². The number of carbonyl (C=O) groups is 3. The van der Waals surface area contributed by atoms with Gasteiger partial charge >= 0.3 is 25.8 Å². The van der Waals surface area contributed by atoms with Gasteiger partial charge in [0.15, 0.2) is 0 Å². The molecule has 0 saturated heterocycles. The summed E-state index contributed by atoms with van der Waals surface area (Å²) in [6.45, 7) is 6.84. The molecular formula is C66H129InO6. The van der Waals surface area contributed by atoms with Crippen molar-refractivity contribution < 1.29 is 29.7 Å². The van der Waals surface area contributed by atoms with Crippen LogP contribution in [-0.2, 0) is 14.4 Å². The molecule has 0 fully saturated rings. The van der Waals surface area contributed by atoms with Crippen molar-refractivity contribution in [3.63, 3.8) is 0 Å². The van der Waals surface area contributed by atoms with Gasteiger partial charge < -0.3 is 29.7 Å². The maximum absolute atomic E-state index is 10.3. The number of hydrogen-bond donors (Lipinski definition) is 0. The van der Waals surface area contributed by atoms with E-state index < -0.39 is 17.9 Å². The van der Waals surface area contributed by atoms with Crippen LogP contribution in [0.4, 0.5) is 0 Å². The van der Waals surface area contributed by atoms with E-state index in [2.05, 4.69) is 20.8 Å². The van der Waals surface area contributed by atoms with Crippen molar-refractivity contribution in [1.82, 2.24) is 0 Å². The third kappa shape index (κ3) is 88.2. The normalized spacial score (nSPS) is 10.9. The number of unbranched alkanes of at least 4 members (excludes halogenated alkanes) is 54. The van der Waals surface area contributed by atoms with Crippen molar-refractivity contribution in [2.45, 2.75) is 406 Å². The average Bonchev–Trinajstić information content (AvgIpc) is 3.36. The van der Waals surface area contributed by atoms with Crippen LogP contribution < -0.4 is 15.3 Å². The molecule has 0 aromatic heterocycles. The molecular weight excluding hydrogens is 1000 g/mol. The third-order valence-electron chi connectivity index (χ3n) is 15.0. The van der Waals surface area contributed by atoms with E-state index in [1.807, 2.05) is 0 Å². The zero-order valence-electron chi connectivity index (χ0n) is 50.0. The third-order valence-corrected chi connectivity index (χ3v) is 15.0. The first-order chi connectivity index (χ1) is 35.3. The SMILES string of the molecule is CCCCCCCCCCCCCCCCCCCCCC(=O)[O-].CCCCCCCCCCCCCCCCCCCCCC(=O)[O-].CCCCCCCCCCCCCCCCCCCCCC(=O)[O-].[In+3]. The molecule has 0 radical (unpaired) electrons. The second kappa shape index (κ2) is 75.5. The molecule has 6 nitrogen and oxygen atoms in total. The van der Waals surface area contributed by atoms with Crippen LogP contribution in [0.2, 0.25) is 0 Å². The summed E-state index contributed by atoms with van der Waals surface area (Å²) in [7, 11) is 0. The second-order valence-corrected chi connectivity index (χ2v) is 22.5. The molecule has 0 heterocycles. The molecule has 0 saturated carbocycles. The standard InChI is InChI=1S/3C22H44O2.In/c3*1-2-3-4-5-6-7-8-9-10-11-12-13-14-15-16-17-18-19-20-21-22(23)24;/h3*2-21H2,1H3,(H,23,24);/q;;;+3/p-3. The van der Waals surface area contributed by atoms with E-state index in [0.717, 1.165) is 38.5 Å². The van der Waals surface area contributed by atoms with Gasteiger partial charge in [-0.25, -0.2) is 0 Å². The Bertz CT molecular complexity index is 882. The molecule has 0 bridgehead atoms. The average molecular weight is 1130 g/mol. The van der Waals surface area contributed by atoms with Crippen LogP contribution in [0.3, 0.4) is 0 Å². The first kappa shape index (κ1) is 78.8. The quantitative estimate of drug-likeness (QED) is 0.0560. The Morgan fingerprint density at radius 3 is 0.342 bits per heavy atom. The number of carboxylic acids is 3. The van der Waals surface area contributed by atoms with E-state index in [-0.39, 0.29) is 45.1 Å². The predicted molar refractivity (Wildman–Crippen MR) is 315 cm³/mol. The first-order valence-corrected chi connectivity index (χ1v) is 32.9. The van der Waals surface area contributed by atoms with Crippen molar-refractivity contribution in [2.24, 2.45) is 0 Å². The van der Waals surface area contributed by atoms with E-state index >= 15 is 0 Å². The zero-order chi connectivity index (χ0) is 53.2. The fourth-order valence-corrected chi connectivity index (χ4v) is 10.0. The van der Waals surface area contributed by atoms with E-state index in [9.17, 15) is 29.7 Å². The minimum Gasteiger partial charge on any atom is -0.550 e. The predicted octanol–water partition coefficient (Wildman–Crippen LogP) is 19.3. The van der Waals surface area contributed by atoms with Gasteiger partial charge in [0.05, 0.1) is 0 Å². The van der Waals surface area contributed by atoms with Crippen molar-refractivity contribution in [3.8, 4) is 0 Å². The topological polar surface area (TPSA) is 120 Å². The molecule has 0 unspecified atom stereocenters. The Morgan fingerprint density at radius 1 is 0.178 bits per heavy atom. The van der Waals surface area contributed by atoms with Gasteiger partial charge in [0.1, 0.15) is 0 Å². The molecule has 0 amide bonds. The van der Waals surface area contributed by atoms with Gasteiger partial charge in [0.2, 0.25) is 0 Å². The minimum atomic E-state index is -0.901. The summed E-state index contributed by atoms with van der Waals surface area (Å²) < 4.78 is 0. The maximum atomic E-state index is 10.3. The largest absolute Gasteiger partial charge is 3.00 e. The van der Waals surface area contributed by atoms with Gasteiger partial charge in [0, 0.05) is 17.9 Å². The van der Waals surface area contributed by atoms with Gasteiger partial charge in [-0.3, -0.25) is 0 Å². The van der Waals surface area contributed by atoms with Crippen LogP contribution >= 0.6 is 0 Å². The molecule has 0 aliphatic heterocycles. The number of rotatable bonds is 60. The summed E-state index contributed by atoms with van der Waals surface area (Å²) >= 11 is 0. The summed E-state index contributed by atoms with van der Waals surface area (Å²) in [5.74, 6) is -2.70. The van der Waals surface area contributed by atoms with Crippen molar-refractivity contribution >= 4 is 43.8 Å². The van der Waals surface area contributed by atoms with E-state index in [0.29, 0.717) is 0 Å². The number of hydrogen-bond acceptors (Lipinski definition) is 6. The second-order valence-electron chi connectivity index (χ2n) is 22.5. The van der Waals surface area contributed by atoms with Crippen molar-refractivity contribution in [3.05, 3.63) is 0 Å². The molecule has 0 rings (SSSR count). The van der Waals surface area contributed by atoms with Crippen molar-refractivity contribution in [1.29, 1.82) is 0 Å². The molecule has 0 spiro atoms. The first-order valence-electron chi connectivity index (χ1n) is 32.9. The molecule has 73 heavy (non-hydrogen) atoms. The molecule has 0 aromatic carbocycles. The van der Waals surface area contributed by atoms with Gasteiger partial charge in [-0.1, -0.05) is 367 Å². The zero-order valence-corrected chi connectivity index (χ0v) is 53.2. The van der Waals surface area contributed by atoms with E-state index in [1.54, 1.807) is 0 Å². The Balaban J connectivity index is -0.000000486. The molecule has 0 N–H and O–H groups in total. The molecule has 0 aromatic rings. The van der Waals surface area contributed by atoms with E-state index in [1.165, 1.54) is 327 Å². The number of aliphatic carboxylic acids is 3. The fourth-order valence-electron chi connectivity index (χ4n) is 10.0. The number of carboxylic acid groups (broad SMARTS) is 3. The summed E-state index contributed by atoms with van der Waals surface area (Å²) in [6.07, 6.45) is 77.2. The fraction of sp³-hybridized carbons (Fsp3) is 0.955. The van der Waals surface area contributed by atoms with Gasteiger partial charge in [-0.15, -0.1) is 0 Å². The van der Waals surface area contributed by atoms with Crippen LogP contribution in [0.15, 0.2) is 0 Å². The Hall–Kier alpha value is -0.720. The molecule has 0 atom stereocenters. The Morgan fingerprint density at radius 2 is 0.260 bits per heavy atom. The summed E-state index contributed by atoms with van der Waals surface area (Å²) in [5.41, 5.74) is 0. The van der Waals surface area contributed by atoms with E-state index in [4.69, 9.17) is 0 Å². The van der Waals surface area contributed by atoms with Gasteiger partial charge in [-0.05, 0) is 38.5 Å². The summed E-state index contributed by atoms with van der Waals surface area (Å²) in [5, 5.41) is 30.8. The van der Waals surface area contributed by atoms with Crippen LogP contribution in [0, 0.1) is 0 Å². The van der Waals surface area contributed by atoms with Crippen LogP contribution in [-0.4, -0.2) is 43.8 Å². The minimum absolute atomic E-state index is 0. The molecule has 7 heteroatoms. The summed E-state index contributed by atoms with van der Waals surface area (Å²) in [6, 6.07) is 0. The van der Waals surface area contributed by atoms with Gasteiger partial charge in [0.25, 0.3) is 0 Å². The Kier molecular flexibility index (Phi) is 81.5. The monoisotopic (exact) mass is 1130 g/mol. The summed E-state index contributed by atoms with van der Waals surface area (Å²) in [4.78, 5) is 30.8. The van der Waals surface area contributed by atoms with Crippen LogP contribution in [0.5, 0.6) is 0 Å². The molecule has 0 aliphatic carbocycles. The number of carbonyl (C=O) groups excluding carboxylic acids is 3. The van der Waals surface area contributed by atoms with Crippen LogP contribution in [0.25, 0.3) is 0 Å². The van der Waals surface area contributed by atoms with Crippen molar-refractivity contribution in [2.75, 3.05) is 0 Å². The Labute approximate surface area is 476 Å². The maximum Gasteiger partial charge on any atom is 3.00 e.